The molecule has 1 saturated heterocycles. The molecule has 14 heteroatoms. The summed E-state index contributed by atoms with van der Waals surface area (Å²) >= 11 is 17.4. The van der Waals surface area contributed by atoms with Crippen molar-refractivity contribution in [2.45, 2.75) is 62.1 Å². The molecule has 2 heterocycles. The van der Waals surface area contributed by atoms with Crippen molar-refractivity contribution in [3.63, 3.8) is 0 Å². The van der Waals surface area contributed by atoms with Gasteiger partial charge in [-0.15, -0.1) is 0 Å². The maximum Gasteiger partial charge on any atom is 0.416 e. The first-order chi connectivity index (χ1) is 22.4. The standard InChI is InChI=1S/C34H37Cl3F3N3O5/c1-32(2,3)48-31(46)42-14-10-22(11-15-42)12-16-43(30(45)47-21-33(35,36)37)20-27-18-25(9-13-41-27)28-19-24(7-8-29(28)44)23-5-4-6-26(17-23)34(38,39)40/h4-9,13,17-19,22,44H,10-12,14-16,20-21H2,1-3H3. The van der Waals surface area contributed by atoms with Gasteiger partial charge in [0.2, 0.25) is 3.79 Å². The zero-order valence-electron chi connectivity index (χ0n) is 26.7. The third kappa shape index (κ3) is 11.1. The first-order valence-corrected chi connectivity index (χ1v) is 16.4. The Morgan fingerprint density at radius 2 is 1.67 bits per heavy atom. The second kappa shape index (κ2) is 15.4. The number of alkyl halides is 6. The number of phenols is 1. The van der Waals surface area contributed by atoms with Gasteiger partial charge in [0.1, 0.15) is 18.0 Å². The second-order valence-electron chi connectivity index (χ2n) is 12.6. The number of carbonyl (C=O) groups excluding carboxylic acids is 2. The van der Waals surface area contributed by atoms with Crippen LogP contribution in [0.2, 0.25) is 0 Å². The number of carbonyl (C=O) groups is 2. The van der Waals surface area contributed by atoms with Crippen LogP contribution in [0.15, 0.2) is 60.8 Å². The number of pyridine rings is 1. The Bertz CT molecular complexity index is 1590. The molecule has 0 radical (unpaired) electrons. The number of nitrogens with zero attached hydrogens (tertiary/aromatic N) is 3. The van der Waals surface area contributed by atoms with Crippen LogP contribution in [0.3, 0.4) is 0 Å². The summed E-state index contributed by atoms with van der Waals surface area (Å²) in [7, 11) is 0. The fourth-order valence-electron chi connectivity index (χ4n) is 5.29. The van der Waals surface area contributed by atoms with Crippen LogP contribution in [0.25, 0.3) is 22.3 Å². The van der Waals surface area contributed by atoms with Crippen molar-refractivity contribution in [3.8, 4) is 28.0 Å². The Morgan fingerprint density at radius 3 is 2.31 bits per heavy atom. The van der Waals surface area contributed by atoms with Crippen LogP contribution in [0.5, 0.6) is 5.75 Å². The van der Waals surface area contributed by atoms with E-state index >= 15 is 0 Å². The largest absolute Gasteiger partial charge is 0.507 e. The number of likely N-dealkylation sites (tertiary alicyclic amines) is 1. The van der Waals surface area contributed by atoms with Gasteiger partial charge in [0.05, 0.1) is 17.8 Å². The fraction of sp³-hybridized carbons (Fsp3) is 0.441. The fourth-order valence-corrected chi connectivity index (χ4v) is 5.45. The van der Waals surface area contributed by atoms with Crippen molar-refractivity contribution >= 4 is 47.0 Å². The van der Waals surface area contributed by atoms with Crippen LogP contribution in [-0.4, -0.2) is 67.7 Å². The lowest BCUT2D eigenvalue weighted by molar-refractivity contribution is -0.137. The third-order valence-corrected chi connectivity index (χ3v) is 8.02. The van der Waals surface area contributed by atoms with E-state index in [1.54, 1.807) is 29.2 Å². The van der Waals surface area contributed by atoms with E-state index in [4.69, 9.17) is 44.3 Å². The number of halogens is 6. The smallest absolute Gasteiger partial charge is 0.416 e. The minimum atomic E-state index is -4.50. The van der Waals surface area contributed by atoms with Crippen LogP contribution in [0.1, 0.15) is 51.3 Å². The lowest BCUT2D eigenvalue weighted by Crippen LogP contribution is -2.42. The summed E-state index contributed by atoms with van der Waals surface area (Å²) in [4.78, 5) is 33.2. The summed E-state index contributed by atoms with van der Waals surface area (Å²) in [6.07, 6.45) is -1.98. The molecule has 3 aromatic rings. The van der Waals surface area contributed by atoms with Gasteiger partial charge in [-0.2, -0.15) is 13.2 Å². The van der Waals surface area contributed by atoms with Gasteiger partial charge in [0.25, 0.3) is 0 Å². The zero-order valence-corrected chi connectivity index (χ0v) is 29.0. The Balaban J connectivity index is 1.50. The molecule has 1 aliphatic rings. The van der Waals surface area contributed by atoms with Gasteiger partial charge < -0.3 is 24.4 Å². The van der Waals surface area contributed by atoms with E-state index in [1.165, 1.54) is 29.3 Å². The minimum Gasteiger partial charge on any atom is -0.507 e. The van der Waals surface area contributed by atoms with Gasteiger partial charge in [-0.05, 0) is 99.0 Å². The van der Waals surface area contributed by atoms with E-state index in [0.29, 0.717) is 47.5 Å². The van der Waals surface area contributed by atoms with Gasteiger partial charge >= 0.3 is 18.4 Å². The molecule has 48 heavy (non-hydrogen) atoms. The molecule has 1 N–H and O–H groups in total. The lowest BCUT2D eigenvalue weighted by Gasteiger charge is -2.34. The number of benzene rings is 2. The molecule has 0 unspecified atom stereocenters. The minimum absolute atomic E-state index is 0.0252. The summed E-state index contributed by atoms with van der Waals surface area (Å²) in [5.41, 5.74) is 0.808. The molecule has 0 bridgehead atoms. The van der Waals surface area contributed by atoms with E-state index in [2.05, 4.69) is 4.98 Å². The number of rotatable bonds is 8. The Hall–Kier alpha value is -3.41. The summed E-state index contributed by atoms with van der Waals surface area (Å²) in [5.74, 6) is 0.140. The highest BCUT2D eigenvalue weighted by molar-refractivity contribution is 6.67. The Kier molecular flexibility index (Phi) is 12.0. The molecule has 2 aromatic carbocycles. The summed E-state index contributed by atoms with van der Waals surface area (Å²) < 4.78 is 49.0. The van der Waals surface area contributed by atoms with E-state index < -0.39 is 33.8 Å². The summed E-state index contributed by atoms with van der Waals surface area (Å²) in [6, 6.07) is 12.8. The Labute approximate surface area is 292 Å². The number of ether oxygens (including phenoxy) is 2. The topological polar surface area (TPSA) is 92.2 Å². The molecule has 1 aromatic heterocycles. The van der Waals surface area contributed by atoms with E-state index in [9.17, 15) is 27.9 Å². The molecule has 1 aliphatic heterocycles. The normalized spacial score (nSPS) is 14.5. The van der Waals surface area contributed by atoms with Gasteiger partial charge in [0, 0.05) is 31.4 Å². The molecular weight excluding hydrogens is 694 g/mol. The van der Waals surface area contributed by atoms with Crippen LogP contribution in [0, 0.1) is 5.92 Å². The van der Waals surface area contributed by atoms with Crippen molar-refractivity contribution in [1.29, 1.82) is 0 Å². The summed E-state index contributed by atoms with van der Waals surface area (Å²) in [6.45, 7) is 6.37. The maximum absolute atomic E-state index is 13.3. The molecule has 260 valence electrons. The summed E-state index contributed by atoms with van der Waals surface area (Å²) in [5, 5.41) is 10.7. The molecule has 0 atom stereocenters. The first kappa shape index (κ1) is 37.4. The van der Waals surface area contributed by atoms with Gasteiger partial charge in [-0.3, -0.25) is 4.98 Å². The van der Waals surface area contributed by atoms with Crippen LogP contribution in [-0.2, 0) is 22.2 Å². The number of aromatic hydroxyl groups is 1. The van der Waals surface area contributed by atoms with E-state index in [0.717, 1.165) is 25.0 Å². The molecule has 0 saturated carbocycles. The number of amides is 2. The first-order valence-electron chi connectivity index (χ1n) is 15.3. The molecule has 1 fully saturated rings. The molecular formula is C34H37Cl3F3N3O5. The highest BCUT2D eigenvalue weighted by Gasteiger charge is 2.31. The average Bonchev–Trinajstić information content (AvgIpc) is 3.01. The predicted molar refractivity (Wildman–Crippen MR) is 179 cm³/mol. The number of hydrogen-bond acceptors (Lipinski definition) is 6. The van der Waals surface area contributed by atoms with Crippen molar-refractivity contribution in [2.24, 2.45) is 5.92 Å². The predicted octanol–water partition coefficient (Wildman–Crippen LogP) is 9.49. The number of aromatic nitrogens is 1. The van der Waals surface area contributed by atoms with Crippen LogP contribution >= 0.6 is 34.8 Å². The van der Waals surface area contributed by atoms with Gasteiger partial charge in [-0.1, -0.05) is 53.0 Å². The molecule has 4 rings (SSSR count). The zero-order chi connectivity index (χ0) is 35.3. The van der Waals surface area contributed by atoms with Crippen molar-refractivity contribution in [2.75, 3.05) is 26.2 Å². The maximum atomic E-state index is 13.3. The average molecular weight is 731 g/mol. The van der Waals surface area contributed by atoms with Gasteiger partial charge in [0.15, 0.2) is 0 Å². The van der Waals surface area contributed by atoms with Gasteiger partial charge in [-0.25, -0.2) is 9.59 Å². The highest BCUT2D eigenvalue weighted by Crippen LogP contribution is 2.36. The van der Waals surface area contributed by atoms with E-state index in [1.807, 2.05) is 20.8 Å². The molecule has 2 amide bonds. The Morgan fingerprint density at radius 1 is 0.979 bits per heavy atom. The van der Waals surface area contributed by atoms with Crippen molar-refractivity contribution in [3.05, 3.63) is 72.1 Å². The number of piperidine rings is 1. The van der Waals surface area contributed by atoms with Crippen LogP contribution in [0.4, 0.5) is 22.8 Å². The quantitative estimate of drug-likeness (QED) is 0.232. The molecule has 8 nitrogen and oxygen atoms in total. The highest BCUT2D eigenvalue weighted by atomic mass is 35.6. The van der Waals surface area contributed by atoms with Crippen molar-refractivity contribution in [1.82, 2.24) is 14.8 Å². The number of phenolic OH excluding ortho intramolecular Hbond substituents is 1. The number of hydrogen-bond donors (Lipinski definition) is 1. The van der Waals surface area contributed by atoms with Crippen LogP contribution < -0.4 is 0 Å². The van der Waals surface area contributed by atoms with E-state index in [-0.39, 0.29) is 30.9 Å². The third-order valence-electron chi connectivity index (χ3n) is 7.69. The van der Waals surface area contributed by atoms with Crippen molar-refractivity contribution < 1.29 is 37.3 Å². The molecule has 0 spiro atoms. The second-order valence-corrected chi connectivity index (χ2v) is 15.2. The molecule has 0 aliphatic carbocycles. The monoisotopic (exact) mass is 729 g/mol. The lowest BCUT2D eigenvalue weighted by atomic mass is 9.93. The SMILES string of the molecule is CC(C)(C)OC(=O)N1CCC(CCN(Cc2cc(-c3cc(-c4cccc(C(F)(F)F)c4)ccc3O)ccn2)C(=O)OCC(Cl)(Cl)Cl)CC1.